The van der Waals surface area contributed by atoms with Crippen LogP contribution in [0.5, 0.6) is 5.75 Å². The van der Waals surface area contributed by atoms with Gasteiger partial charge in [0.2, 0.25) is 0 Å². The van der Waals surface area contributed by atoms with Gasteiger partial charge in [0.05, 0.1) is 17.7 Å². The van der Waals surface area contributed by atoms with Crippen molar-refractivity contribution in [1.82, 2.24) is 0 Å². The molecule has 1 fully saturated rings. The van der Waals surface area contributed by atoms with E-state index in [4.69, 9.17) is 20.0 Å². The minimum Gasteiger partial charge on any atom is -0.491 e. The van der Waals surface area contributed by atoms with Crippen molar-refractivity contribution in [3.8, 4) is 17.9 Å². The Morgan fingerprint density at radius 2 is 2.07 bits per heavy atom. The van der Waals surface area contributed by atoms with Crippen molar-refractivity contribution in [2.24, 2.45) is 0 Å². The maximum absolute atomic E-state index is 8.78. The van der Waals surface area contributed by atoms with Crippen molar-refractivity contribution >= 4 is 0 Å². The van der Waals surface area contributed by atoms with Crippen LogP contribution in [0, 0.1) is 22.7 Å². The van der Waals surface area contributed by atoms with Gasteiger partial charge in [-0.2, -0.15) is 10.5 Å². The maximum atomic E-state index is 8.78. The molecule has 1 aliphatic heterocycles. The Hall–Kier alpha value is -2.04. The van der Waals surface area contributed by atoms with Crippen LogP contribution in [0.3, 0.4) is 0 Å². The van der Waals surface area contributed by atoms with Gasteiger partial charge in [-0.3, -0.25) is 0 Å². The molecule has 15 heavy (non-hydrogen) atoms. The Labute approximate surface area is 87.3 Å². The average Bonchev–Trinajstić information content (AvgIpc) is 3.09. The first-order valence-corrected chi connectivity index (χ1v) is 4.52. The highest BCUT2D eigenvalue weighted by atomic mass is 16.6. The van der Waals surface area contributed by atoms with Gasteiger partial charge in [-0.05, 0) is 18.2 Å². The van der Waals surface area contributed by atoms with Crippen LogP contribution in [0.25, 0.3) is 0 Å². The topological polar surface area (TPSA) is 69.3 Å². The monoisotopic (exact) mass is 200 g/mol. The molecule has 1 unspecified atom stereocenters. The highest BCUT2D eigenvalue weighted by Gasteiger charge is 2.23. The van der Waals surface area contributed by atoms with E-state index in [1.165, 1.54) is 0 Å². The quantitative estimate of drug-likeness (QED) is 0.687. The smallest absolute Gasteiger partial charge is 0.120 e. The maximum Gasteiger partial charge on any atom is 0.120 e. The minimum atomic E-state index is 0.186. The van der Waals surface area contributed by atoms with Gasteiger partial charge in [0.1, 0.15) is 30.6 Å². The predicted molar refractivity (Wildman–Crippen MR) is 51.1 cm³/mol. The number of nitrogens with zero attached hydrogens (tertiary/aromatic N) is 2. The average molecular weight is 200 g/mol. The molecule has 1 aliphatic rings. The van der Waals surface area contributed by atoms with Crippen LogP contribution in [0.15, 0.2) is 18.2 Å². The van der Waals surface area contributed by atoms with Crippen LogP contribution in [0.1, 0.15) is 11.1 Å². The largest absolute Gasteiger partial charge is 0.491 e. The fourth-order valence-electron chi connectivity index (χ4n) is 1.16. The van der Waals surface area contributed by atoms with E-state index < -0.39 is 0 Å². The molecule has 1 saturated heterocycles. The van der Waals surface area contributed by atoms with E-state index in [0.29, 0.717) is 23.5 Å². The van der Waals surface area contributed by atoms with Crippen LogP contribution >= 0.6 is 0 Å². The lowest BCUT2D eigenvalue weighted by Gasteiger charge is -2.04. The fraction of sp³-hybridized carbons (Fsp3) is 0.273. The highest BCUT2D eigenvalue weighted by molar-refractivity contribution is 5.49. The summed E-state index contributed by atoms with van der Waals surface area (Å²) in [6, 6.07) is 8.74. The number of benzene rings is 1. The van der Waals surface area contributed by atoms with Gasteiger partial charge in [-0.15, -0.1) is 0 Å². The summed E-state index contributed by atoms with van der Waals surface area (Å²) < 4.78 is 10.4. The normalized spacial score (nSPS) is 17.6. The van der Waals surface area contributed by atoms with Crippen molar-refractivity contribution in [1.29, 1.82) is 10.5 Å². The van der Waals surface area contributed by atoms with Gasteiger partial charge in [-0.25, -0.2) is 0 Å². The second-order valence-corrected chi connectivity index (χ2v) is 3.20. The molecule has 0 N–H and O–H groups in total. The summed E-state index contributed by atoms with van der Waals surface area (Å²) in [7, 11) is 0. The molecule has 74 valence electrons. The van der Waals surface area contributed by atoms with Crippen molar-refractivity contribution in [3.63, 3.8) is 0 Å². The first kappa shape index (κ1) is 9.51. The fourth-order valence-corrected chi connectivity index (χ4v) is 1.16. The van der Waals surface area contributed by atoms with Gasteiger partial charge >= 0.3 is 0 Å². The molecular formula is C11H8N2O2. The molecule has 1 aromatic carbocycles. The van der Waals surface area contributed by atoms with E-state index in [1.54, 1.807) is 18.2 Å². The lowest BCUT2D eigenvalue weighted by molar-refractivity contribution is 0.263. The summed E-state index contributed by atoms with van der Waals surface area (Å²) in [6.45, 7) is 1.23. The molecule has 1 atom stereocenters. The molecule has 4 nitrogen and oxygen atoms in total. The number of rotatable bonds is 3. The van der Waals surface area contributed by atoms with Crippen molar-refractivity contribution in [2.75, 3.05) is 13.2 Å². The number of hydrogen-bond donors (Lipinski definition) is 0. The third-order valence-corrected chi connectivity index (χ3v) is 2.07. The SMILES string of the molecule is N#Cc1ccc(OCC2CO2)cc1C#N. The molecule has 1 aromatic rings. The van der Waals surface area contributed by atoms with E-state index in [0.717, 1.165) is 6.61 Å². The molecule has 0 amide bonds. The van der Waals surface area contributed by atoms with Crippen molar-refractivity contribution in [2.45, 2.75) is 6.10 Å². The second kappa shape index (κ2) is 4.00. The molecule has 0 bridgehead atoms. The van der Waals surface area contributed by atoms with Gasteiger partial charge < -0.3 is 9.47 Å². The molecule has 0 radical (unpaired) electrons. The first-order chi connectivity index (χ1) is 7.33. The standard InChI is InChI=1S/C11H8N2O2/c12-4-8-1-2-10(3-9(8)5-13)14-6-11-7-15-11/h1-3,11H,6-7H2. The van der Waals surface area contributed by atoms with E-state index in [1.807, 2.05) is 12.1 Å². The third kappa shape index (κ3) is 2.25. The summed E-state index contributed by atoms with van der Waals surface area (Å²) in [5.41, 5.74) is 0.708. The molecule has 0 aliphatic carbocycles. The Morgan fingerprint density at radius 3 is 2.67 bits per heavy atom. The Kier molecular flexibility index (Phi) is 2.53. The lowest BCUT2D eigenvalue weighted by atomic mass is 10.1. The predicted octanol–water partition coefficient (Wildman–Crippen LogP) is 1.21. The zero-order valence-electron chi connectivity index (χ0n) is 7.93. The number of epoxide rings is 1. The number of nitriles is 2. The van der Waals surface area contributed by atoms with Gasteiger partial charge in [-0.1, -0.05) is 0 Å². The van der Waals surface area contributed by atoms with E-state index in [-0.39, 0.29) is 6.10 Å². The van der Waals surface area contributed by atoms with E-state index in [2.05, 4.69) is 0 Å². The summed E-state index contributed by atoms with van der Waals surface area (Å²) in [5, 5.41) is 17.5. The second-order valence-electron chi connectivity index (χ2n) is 3.20. The first-order valence-electron chi connectivity index (χ1n) is 4.52. The van der Waals surface area contributed by atoms with Crippen LogP contribution in [-0.2, 0) is 4.74 Å². The molecule has 2 rings (SSSR count). The van der Waals surface area contributed by atoms with Crippen molar-refractivity contribution < 1.29 is 9.47 Å². The minimum absolute atomic E-state index is 0.186. The number of ether oxygens (including phenoxy) is 2. The van der Waals surface area contributed by atoms with Crippen LogP contribution in [-0.4, -0.2) is 19.3 Å². The molecule has 0 saturated carbocycles. The Balaban J connectivity index is 2.12. The molecule has 1 heterocycles. The van der Waals surface area contributed by atoms with Crippen LogP contribution in [0.4, 0.5) is 0 Å². The highest BCUT2D eigenvalue weighted by Crippen LogP contribution is 2.18. The summed E-state index contributed by atoms with van der Waals surface area (Å²) in [4.78, 5) is 0. The third-order valence-electron chi connectivity index (χ3n) is 2.07. The summed E-state index contributed by atoms with van der Waals surface area (Å²) in [6.07, 6.45) is 0.186. The van der Waals surface area contributed by atoms with E-state index in [9.17, 15) is 0 Å². The van der Waals surface area contributed by atoms with Crippen LogP contribution in [0.2, 0.25) is 0 Å². The van der Waals surface area contributed by atoms with Crippen molar-refractivity contribution in [3.05, 3.63) is 29.3 Å². The molecule has 4 heteroatoms. The zero-order chi connectivity index (χ0) is 10.7. The van der Waals surface area contributed by atoms with Crippen LogP contribution < -0.4 is 4.74 Å². The Morgan fingerprint density at radius 1 is 1.33 bits per heavy atom. The summed E-state index contributed by atoms with van der Waals surface area (Å²) >= 11 is 0. The van der Waals surface area contributed by atoms with Gasteiger partial charge in [0, 0.05) is 0 Å². The Bertz CT molecular complexity index is 453. The molecule has 0 aromatic heterocycles. The molecule has 0 spiro atoms. The lowest BCUT2D eigenvalue weighted by Crippen LogP contribution is -2.04. The zero-order valence-corrected chi connectivity index (χ0v) is 7.93. The van der Waals surface area contributed by atoms with Gasteiger partial charge in [0.25, 0.3) is 0 Å². The summed E-state index contributed by atoms with van der Waals surface area (Å²) in [5.74, 6) is 0.598. The number of hydrogen-bond acceptors (Lipinski definition) is 4. The molecular weight excluding hydrogens is 192 g/mol. The van der Waals surface area contributed by atoms with Gasteiger partial charge in [0.15, 0.2) is 0 Å². The van der Waals surface area contributed by atoms with E-state index >= 15 is 0 Å².